The van der Waals surface area contributed by atoms with Crippen molar-refractivity contribution >= 4 is 45.2 Å². The van der Waals surface area contributed by atoms with Crippen molar-refractivity contribution in [2.75, 3.05) is 11.1 Å². The molecule has 0 saturated carbocycles. The van der Waals surface area contributed by atoms with Crippen LogP contribution < -0.4 is 10.6 Å². The summed E-state index contributed by atoms with van der Waals surface area (Å²) in [5.41, 5.74) is 4.41. The maximum atomic E-state index is 13.0. The van der Waals surface area contributed by atoms with E-state index < -0.39 is 0 Å². The van der Waals surface area contributed by atoms with Gasteiger partial charge in [-0.2, -0.15) is 0 Å². The number of carbonyl (C=O) groups is 2. The minimum absolute atomic E-state index is 0.0658. The Balaban J connectivity index is 1.77. The quantitative estimate of drug-likeness (QED) is 0.230. The van der Waals surface area contributed by atoms with Crippen molar-refractivity contribution in [1.82, 2.24) is 20.1 Å². The van der Waals surface area contributed by atoms with Crippen LogP contribution in [0.3, 0.4) is 0 Å². The summed E-state index contributed by atoms with van der Waals surface area (Å²) in [6, 6.07) is 11.1. The molecule has 1 aromatic heterocycles. The van der Waals surface area contributed by atoms with Crippen LogP contribution in [0.2, 0.25) is 0 Å². The van der Waals surface area contributed by atoms with Crippen molar-refractivity contribution in [3.8, 4) is 0 Å². The van der Waals surface area contributed by atoms with Crippen molar-refractivity contribution in [3.05, 3.63) is 81.6 Å². The topological polar surface area (TPSA) is 88.9 Å². The molecule has 0 fully saturated rings. The predicted molar refractivity (Wildman–Crippen MR) is 149 cm³/mol. The monoisotopic (exact) mass is 569 g/mol. The van der Waals surface area contributed by atoms with Crippen LogP contribution in [0.25, 0.3) is 0 Å². The second kappa shape index (κ2) is 12.4. The number of carbonyl (C=O) groups excluding carboxylic acids is 2. The van der Waals surface area contributed by atoms with Gasteiger partial charge >= 0.3 is 0 Å². The molecule has 9 heteroatoms. The standard InChI is InChI=1S/C27H32BrN5O2S/c1-7-11-33-25(23(16(2)3)30-26(35)20-10-8-9-17(4)12-20)31-32-27(33)36-15-22(34)29-24-18(5)13-21(28)14-19(24)6/h7-10,12-14,16,23H,1,11,15H2,2-6H3,(H,29,34)(H,30,35)/t23-/m0/s1. The molecule has 2 N–H and O–H groups in total. The zero-order valence-corrected chi connectivity index (χ0v) is 23.7. The van der Waals surface area contributed by atoms with Crippen LogP contribution in [0.4, 0.5) is 5.69 Å². The Bertz CT molecular complexity index is 1250. The summed E-state index contributed by atoms with van der Waals surface area (Å²) in [5.74, 6) is 0.576. The Hall–Kier alpha value is -2.91. The maximum Gasteiger partial charge on any atom is 0.251 e. The average Bonchev–Trinajstić information content (AvgIpc) is 3.20. The van der Waals surface area contributed by atoms with Crippen LogP contribution in [-0.2, 0) is 11.3 Å². The van der Waals surface area contributed by atoms with E-state index in [4.69, 9.17) is 0 Å². The van der Waals surface area contributed by atoms with Crippen molar-refractivity contribution < 1.29 is 9.59 Å². The van der Waals surface area contributed by atoms with Gasteiger partial charge in [0.2, 0.25) is 5.91 Å². The normalized spacial score (nSPS) is 11.9. The Morgan fingerprint density at radius 1 is 1.14 bits per heavy atom. The van der Waals surface area contributed by atoms with E-state index in [9.17, 15) is 9.59 Å². The number of allylic oxidation sites excluding steroid dienone is 1. The van der Waals surface area contributed by atoms with Crippen LogP contribution in [0.5, 0.6) is 0 Å². The first-order valence-electron chi connectivity index (χ1n) is 11.7. The van der Waals surface area contributed by atoms with Crippen LogP contribution in [0.1, 0.15) is 52.8 Å². The molecule has 2 aromatic carbocycles. The van der Waals surface area contributed by atoms with E-state index in [-0.39, 0.29) is 29.5 Å². The molecular formula is C27H32BrN5O2S. The lowest BCUT2D eigenvalue weighted by molar-refractivity contribution is -0.113. The first-order chi connectivity index (χ1) is 17.1. The third kappa shape index (κ3) is 6.85. The van der Waals surface area contributed by atoms with Crippen LogP contribution >= 0.6 is 27.7 Å². The van der Waals surface area contributed by atoms with Gasteiger partial charge in [-0.15, -0.1) is 16.8 Å². The lowest BCUT2D eigenvalue weighted by Gasteiger charge is -2.22. The number of aryl methyl sites for hydroxylation is 3. The number of anilines is 1. The molecule has 1 heterocycles. The fourth-order valence-corrected chi connectivity index (χ4v) is 5.33. The minimum atomic E-state index is -0.360. The van der Waals surface area contributed by atoms with Gasteiger partial charge in [-0.1, -0.05) is 65.3 Å². The highest BCUT2D eigenvalue weighted by Gasteiger charge is 2.26. The van der Waals surface area contributed by atoms with Crippen molar-refractivity contribution in [2.24, 2.45) is 5.92 Å². The van der Waals surface area contributed by atoms with Gasteiger partial charge in [0, 0.05) is 22.3 Å². The van der Waals surface area contributed by atoms with Gasteiger partial charge < -0.3 is 15.2 Å². The number of hydrogen-bond acceptors (Lipinski definition) is 5. The second-order valence-electron chi connectivity index (χ2n) is 9.06. The SMILES string of the molecule is C=CCn1c(SCC(=O)Nc2c(C)cc(Br)cc2C)nnc1[C@@H](NC(=O)c1cccc(C)c1)C(C)C. The van der Waals surface area contributed by atoms with Crippen molar-refractivity contribution in [2.45, 2.75) is 52.4 Å². The Morgan fingerprint density at radius 3 is 2.44 bits per heavy atom. The van der Waals surface area contributed by atoms with Gasteiger partial charge in [-0.05, 0) is 62.1 Å². The molecule has 190 valence electrons. The summed E-state index contributed by atoms with van der Waals surface area (Å²) in [6.07, 6.45) is 1.76. The number of aromatic nitrogens is 3. The second-order valence-corrected chi connectivity index (χ2v) is 10.9. The third-order valence-corrected chi connectivity index (χ3v) is 7.09. The molecule has 0 spiro atoms. The summed E-state index contributed by atoms with van der Waals surface area (Å²) in [7, 11) is 0. The first kappa shape index (κ1) is 27.7. The summed E-state index contributed by atoms with van der Waals surface area (Å²) in [6.45, 7) is 14.3. The van der Waals surface area contributed by atoms with E-state index in [1.54, 1.807) is 12.1 Å². The molecule has 0 bridgehead atoms. The lowest BCUT2D eigenvalue weighted by atomic mass is 10.0. The van der Waals surface area contributed by atoms with Crippen molar-refractivity contribution in [1.29, 1.82) is 0 Å². The Morgan fingerprint density at radius 2 is 1.83 bits per heavy atom. The van der Waals surface area contributed by atoms with E-state index in [1.165, 1.54) is 11.8 Å². The largest absolute Gasteiger partial charge is 0.342 e. The van der Waals surface area contributed by atoms with Gasteiger partial charge in [0.25, 0.3) is 5.91 Å². The number of amides is 2. The third-order valence-electron chi connectivity index (χ3n) is 5.66. The number of thioether (sulfide) groups is 1. The average molecular weight is 571 g/mol. The zero-order valence-electron chi connectivity index (χ0n) is 21.3. The highest BCUT2D eigenvalue weighted by atomic mass is 79.9. The van der Waals surface area contributed by atoms with E-state index >= 15 is 0 Å². The molecule has 0 aliphatic rings. The van der Waals surface area contributed by atoms with Gasteiger partial charge in [0.1, 0.15) is 0 Å². The Labute approximate surface area is 225 Å². The zero-order chi connectivity index (χ0) is 26.4. The summed E-state index contributed by atoms with van der Waals surface area (Å²) >= 11 is 4.79. The summed E-state index contributed by atoms with van der Waals surface area (Å²) < 4.78 is 2.88. The molecule has 7 nitrogen and oxygen atoms in total. The molecule has 3 rings (SSSR count). The lowest BCUT2D eigenvalue weighted by Crippen LogP contribution is -2.34. The van der Waals surface area contributed by atoms with Crippen LogP contribution in [0, 0.1) is 26.7 Å². The summed E-state index contributed by atoms with van der Waals surface area (Å²) in [5, 5.41) is 15.5. The minimum Gasteiger partial charge on any atom is -0.342 e. The van der Waals surface area contributed by atoms with Gasteiger partial charge in [-0.3, -0.25) is 9.59 Å². The molecule has 0 aliphatic carbocycles. The molecule has 0 radical (unpaired) electrons. The maximum absolute atomic E-state index is 13.0. The van der Waals surface area contributed by atoms with E-state index in [2.05, 4.69) is 43.3 Å². The molecule has 36 heavy (non-hydrogen) atoms. The molecule has 2 amide bonds. The van der Waals surface area contributed by atoms with Gasteiger partial charge in [-0.25, -0.2) is 0 Å². The van der Waals surface area contributed by atoms with E-state index in [0.29, 0.717) is 23.1 Å². The number of hydrogen-bond donors (Lipinski definition) is 2. The molecular weight excluding hydrogens is 538 g/mol. The molecule has 0 unspecified atom stereocenters. The molecule has 3 aromatic rings. The number of benzene rings is 2. The molecule has 0 aliphatic heterocycles. The van der Waals surface area contributed by atoms with Crippen LogP contribution in [-0.4, -0.2) is 32.3 Å². The summed E-state index contributed by atoms with van der Waals surface area (Å²) in [4.78, 5) is 25.7. The first-order valence-corrected chi connectivity index (χ1v) is 13.5. The van der Waals surface area contributed by atoms with Crippen molar-refractivity contribution in [3.63, 3.8) is 0 Å². The fourth-order valence-electron chi connectivity index (χ4n) is 3.89. The number of halogens is 1. The fraction of sp³-hybridized carbons (Fsp3) is 0.333. The highest BCUT2D eigenvalue weighted by Crippen LogP contribution is 2.28. The number of nitrogens with one attached hydrogen (secondary N) is 2. The predicted octanol–water partition coefficient (Wildman–Crippen LogP) is 6.01. The highest BCUT2D eigenvalue weighted by molar-refractivity contribution is 9.10. The number of rotatable bonds is 10. The van der Waals surface area contributed by atoms with Gasteiger partial charge in [0.05, 0.1) is 11.8 Å². The molecule has 1 atom stereocenters. The van der Waals surface area contributed by atoms with Gasteiger partial charge in [0.15, 0.2) is 11.0 Å². The van der Waals surface area contributed by atoms with E-state index in [1.807, 2.05) is 69.5 Å². The smallest absolute Gasteiger partial charge is 0.251 e. The molecule has 0 saturated heterocycles. The van der Waals surface area contributed by atoms with Crippen LogP contribution in [0.15, 0.2) is 58.7 Å². The Kier molecular flexibility index (Phi) is 9.50. The van der Waals surface area contributed by atoms with E-state index in [0.717, 1.165) is 26.9 Å². The number of nitrogens with zero attached hydrogens (tertiary/aromatic N) is 3.